The van der Waals surface area contributed by atoms with Gasteiger partial charge in [0.1, 0.15) is 16.4 Å². The number of alkyl halides is 3. The summed E-state index contributed by atoms with van der Waals surface area (Å²) in [4.78, 5) is 23.4. The van der Waals surface area contributed by atoms with Gasteiger partial charge in [0.2, 0.25) is 0 Å². The van der Waals surface area contributed by atoms with Gasteiger partial charge in [-0.1, -0.05) is 6.92 Å². The number of ether oxygens (including phenoxy) is 2. The van der Waals surface area contributed by atoms with E-state index < -0.39 is 22.2 Å². The normalized spacial score (nSPS) is 13.5. The predicted molar refractivity (Wildman–Crippen MR) is 138 cm³/mol. The molecule has 0 spiro atoms. The number of nitrogens with zero attached hydrogens (tertiary/aromatic N) is 1. The molecule has 4 N–H and O–H groups in total. The van der Waals surface area contributed by atoms with Crippen molar-refractivity contribution in [3.8, 4) is 11.5 Å². The summed E-state index contributed by atoms with van der Waals surface area (Å²) in [7, 11) is -1.17. The summed E-state index contributed by atoms with van der Waals surface area (Å²) in [6, 6.07) is 9.65. The molecule has 0 aliphatic carbocycles. The first-order valence-corrected chi connectivity index (χ1v) is 13.2. The van der Waals surface area contributed by atoms with E-state index in [1.54, 1.807) is 30.3 Å². The van der Waals surface area contributed by atoms with E-state index in [9.17, 15) is 26.4 Å². The third kappa shape index (κ3) is 8.92. The minimum absolute atomic E-state index is 0.0496. The van der Waals surface area contributed by atoms with Gasteiger partial charge in [0, 0.05) is 44.4 Å². The van der Waals surface area contributed by atoms with E-state index in [1.807, 2.05) is 6.92 Å². The van der Waals surface area contributed by atoms with Crippen molar-refractivity contribution < 1.29 is 45.8 Å². The quantitative estimate of drug-likeness (QED) is 0.354. The summed E-state index contributed by atoms with van der Waals surface area (Å²) < 4.78 is 71.6. The highest BCUT2D eigenvalue weighted by atomic mass is 32.2. The molecule has 1 fully saturated rings. The zero-order chi connectivity index (χ0) is 29.2. The maximum atomic E-state index is 13.4. The first-order valence-electron chi connectivity index (χ1n) is 11.8. The monoisotopic (exact) mass is 576 g/mol. The lowest BCUT2D eigenvalue weighted by Gasteiger charge is -2.31. The van der Waals surface area contributed by atoms with E-state index in [0.29, 0.717) is 29.2 Å². The first-order chi connectivity index (χ1) is 18.3. The molecular formula is C24H31F3N4O7S. The number of halogens is 3. The zero-order valence-corrected chi connectivity index (χ0v) is 22.4. The van der Waals surface area contributed by atoms with Crippen molar-refractivity contribution in [2.75, 3.05) is 56.6 Å². The van der Waals surface area contributed by atoms with Gasteiger partial charge in [-0.3, -0.25) is 9.52 Å². The van der Waals surface area contributed by atoms with Gasteiger partial charge in [0.05, 0.1) is 25.6 Å². The Labute approximate surface area is 224 Å². The van der Waals surface area contributed by atoms with Crippen LogP contribution in [0.5, 0.6) is 11.5 Å². The molecule has 11 nitrogen and oxygen atoms in total. The van der Waals surface area contributed by atoms with Crippen molar-refractivity contribution in [2.45, 2.75) is 24.4 Å². The highest BCUT2D eigenvalue weighted by Gasteiger charge is 2.38. The molecule has 216 valence electrons. The van der Waals surface area contributed by atoms with Crippen LogP contribution in [0.4, 0.5) is 24.5 Å². The second kappa shape index (κ2) is 13.9. The summed E-state index contributed by atoms with van der Waals surface area (Å²) in [6.45, 7) is 5.52. The van der Waals surface area contributed by atoms with Crippen molar-refractivity contribution in [2.24, 2.45) is 0 Å². The van der Waals surface area contributed by atoms with Crippen LogP contribution in [0.1, 0.15) is 23.7 Å². The van der Waals surface area contributed by atoms with Crippen LogP contribution in [0.25, 0.3) is 0 Å². The van der Waals surface area contributed by atoms with Crippen LogP contribution in [0.15, 0.2) is 41.3 Å². The molecule has 2 aromatic rings. The largest absolute Gasteiger partial charge is 0.497 e. The Morgan fingerprint density at radius 3 is 2.26 bits per heavy atom. The fourth-order valence-corrected chi connectivity index (χ4v) is 4.73. The van der Waals surface area contributed by atoms with Gasteiger partial charge in [0.25, 0.3) is 15.9 Å². The summed E-state index contributed by atoms with van der Waals surface area (Å²) in [6.07, 6.45) is -4.28. The SMILES string of the molecule is CCCNC(=O)c1ccc(N2CCNCC2)c(NS(=O)(=O)c2cc(OC)ccc2OC)c1.O=C(O)C(F)(F)F. The number of sulfonamides is 1. The van der Waals surface area contributed by atoms with Crippen LogP contribution in [0, 0.1) is 0 Å². The lowest BCUT2D eigenvalue weighted by molar-refractivity contribution is -0.192. The summed E-state index contributed by atoms with van der Waals surface area (Å²) >= 11 is 0. The Kier molecular flexibility index (Phi) is 11.2. The van der Waals surface area contributed by atoms with Crippen molar-refractivity contribution in [3.05, 3.63) is 42.0 Å². The number of rotatable bonds is 9. The maximum absolute atomic E-state index is 13.4. The fourth-order valence-electron chi connectivity index (χ4n) is 3.47. The lowest BCUT2D eigenvalue weighted by Crippen LogP contribution is -2.43. The molecule has 0 atom stereocenters. The van der Waals surface area contributed by atoms with E-state index in [4.69, 9.17) is 19.4 Å². The van der Waals surface area contributed by atoms with E-state index in [-0.39, 0.29) is 16.6 Å². The molecule has 0 saturated carbocycles. The third-order valence-electron chi connectivity index (χ3n) is 5.40. The lowest BCUT2D eigenvalue weighted by atomic mass is 10.1. The Morgan fingerprint density at radius 2 is 1.72 bits per heavy atom. The second-order valence-corrected chi connectivity index (χ2v) is 9.80. The number of amides is 1. The van der Waals surface area contributed by atoms with Gasteiger partial charge < -0.3 is 30.1 Å². The van der Waals surface area contributed by atoms with Crippen LogP contribution in [-0.4, -0.2) is 78.5 Å². The second-order valence-electron chi connectivity index (χ2n) is 8.15. The summed E-state index contributed by atoms with van der Waals surface area (Å²) in [5, 5.41) is 13.2. The van der Waals surface area contributed by atoms with Crippen molar-refractivity contribution in [1.82, 2.24) is 10.6 Å². The van der Waals surface area contributed by atoms with Crippen LogP contribution in [0.3, 0.4) is 0 Å². The maximum Gasteiger partial charge on any atom is 0.490 e. The Hall–Kier alpha value is -3.72. The number of anilines is 2. The number of carboxylic acids is 1. The fraction of sp³-hybridized carbons (Fsp3) is 0.417. The molecule has 3 rings (SSSR count). The molecule has 0 unspecified atom stereocenters. The number of carbonyl (C=O) groups excluding carboxylic acids is 1. The van der Waals surface area contributed by atoms with Crippen molar-refractivity contribution >= 4 is 33.3 Å². The zero-order valence-electron chi connectivity index (χ0n) is 21.6. The van der Waals surface area contributed by atoms with Gasteiger partial charge in [-0.25, -0.2) is 13.2 Å². The molecule has 39 heavy (non-hydrogen) atoms. The summed E-state index contributed by atoms with van der Waals surface area (Å²) in [5.41, 5.74) is 1.43. The predicted octanol–water partition coefficient (Wildman–Crippen LogP) is 2.69. The summed E-state index contributed by atoms with van der Waals surface area (Å²) in [5.74, 6) is -2.43. The van der Waals surface area contributed by atoms with Crippen LogP contribution >= 0.6 is 0 Å². The number of carbonyl (C=O) groups is 2. The van der Waals surface area contributed by atoms with Crippen molar-refractivity contribution in [3.63, 3.8) is 0 Å². The van der Waals surface area contributed by atoms with Gasteiger partial charge >= 0.3 is 12.1 Å². The number of carboxylic acid groups (broad SMARTS) is 1. The van der Waals surface area contributed by atoms with Crippen molar-refractivity contribution in [1.29, 1.82) is 0 Å². The van der Waals surface area contributed by atoms with Crippen LogP contribution < -0.4 is 29.7 Å². The molecule has 1 heterocycles. The van der Waals surface area contributed by atoms with E-state index >= 15 is 0 Å². The Morgan fingerprint density at radius 1 is 1.08 bits per heavy atom. The van der Waals surface area contributed by atoms with Crippen LogP contribution in [-0.2, 0) is 14.8 Å². The smallest absolute Gasteiger partial charge is 0.490 e. The van der Waals surface area contributed by atoms with Gasteiger partial charge in [0.15, 0.2) is 0 Å². The highest BCUT2D eigenvalue weighted by molar-refractivity contribution is 7.92. The number of benzene rings is 2. The molecule has 0 radical (unpaired) electrons. The standard InChI is InChI=1S/C22H30N4O5S.C2HF3O2/c1-4-9-24-22(27)16-5-7-19(26-12-10-23-11-13-26)18(14-16)25-32(28,29)21-15-17(30-2)6-8-20(21)31-3;3-2(4,5)1(6)7/h5-8,14-15,23,25H,4,9-13H2,1-3H3,(H,24,27);(H,6,7). The Bertz CT molecular complexity index is 1250. The molecule has 1 saturated heterocycles. The van der Waals surface area contributed by atoms with Gasteiger partial charge in [-0.15, -0.1) is 0 Å². The molecule has 15 heteroatoms. The number of piperazine rings is 1. The molecular weight excluding hydrogens is 545 g/mol. The molecule has 1 aliphatic rings. The van der Waals surface area contributed by atoms with Gasteiger partial charge in [-0.2, -0.15) is 13.2 Å². The molecule has 2 aromatic carbocycles. The number of aliphatic carboxylic acids is 1. The number of nitrogens with one attached hydrogen (secondary N) is 3. The number of hydrogen-bond acceptors (Lipinski definition) is 8. The molecule has 1 aliphatic heterocycles. The van der Waals surface area contributed by atoms with E-state index in [1.165, 1.54) is 20.3 Å². The first kappa shape index (κ1) is 31.5. The highest BCUT2D eigenvalue weighted by Crippen LogP contribution is 2.33. The van der Waals surface area contributed by atoms with Gasteiger partial charge in [-0.05, 0) is 36.8 Å². The number of methoxy groups -OCH3 is 2. The van der Waals surface area contributed by atoms with E-state index in [0.717, 1.165) is 32.6 Å². The average molecular weight is 577 g/mol. The topological polar surface area (TPSA) is 146 Å². The van der Waals surface area contributed by atoms with Crippen LogP contribution in [0.2, 0.25) is 0 Å². The molecule has 0 aromatic heterocycles. The van der Waals surface area contributed by atoms with E-state index in [2.05, 4.69) is 20.3 Å². The number of hydrogen-bond donors (Lipinski definition) is 4. The average Bonchev–Trinajstić information content (AvgIpc) is 2.91. The Balaban J connectivity index is 0.000000673. The molecule has 1 amide bonds. The third-order valence-corrected chi connectivity index (χ3v) is 6.79. The minimum Gasteiger partial charge on any atom is -0.497 e. The minimum atomic E-state index is -5.08. The molecule has 0 bridgehead atoms.